The molecule has 27 heavy (non-hydrogen) atoms. The van der Waals surface area contributed by atoms with E-state index in [0.29, 0.717) is 18.0 Å². The van der Waals surface area contributed by atoms with E-state index in [1.165, 1.54) is 6.33 Å². The number of rotatable bonds is 3. The molecule has 4 heterocycles. The molecule has 2 saturated heterocycles. The van der Waals surface area contributed by atoms with Gasteiger partial charge in [0.25, 0.3) is 5.91 Å². The second kappa shape index (κ2) is 6.33. The lowest BCUT2D eigenvalue weighted by Crippen LogP contribution is -2.46. The van der Waals surface area contributed by atoms with Crippen molar-refractivity contribution in [3.63, 3.8) is 0 Å². The molecule has 1 amide bonds. The first-order valence-electron chi connectivity index (χ1n) is 9.45. The van der Waals surface area contributed by atoms with Gasteiger partial charge in [-0.1, -0.05) is 0 Å². The first-order chi connectivity index (χ1) is 13.2. The maximum atomic E-state index is 13.2. The summed E-state index contributed by atoms with van der Waals surface area (Å²) in [5.41, 5.74) is 1.65. The highest BCUT2D eigenvalue weighted by atomic mass is 16.2. The molecule has 2 aliphatic heterocycles. The van der Waals surface area contributed by atoms with Crippen LogP contribution in [0.4, 0.5) is 0 Å². The third-order valence-corrected chi connectivity index (χ3v) is 5.99. The molecule has 1 unspecified atom stereocenters. The minimum Gasteiger partial charge on any atom is -0.338 e. The number of nitrogens with zero attached hydrogens (tertiary/aromatic N) is 6. The fourth-order valence-electron chi connectivity index (χ4n) is 4.74. The van der Waals surface area contributed by atoms with E-state index in [0.717, 1.165) is 42.8 Å². The fraction of sp³-hybridized carbons (Fsp3) is 0.400. The number of aryl methyl sites for hydroxylation is 1. The van der Waals surface area contributed by atoms with E-state index in [1.54, 1.807) is 11.0 Å². The van der Waals surface area contributed by atoms with Crippen LogP contribution in [0.1, 0.15) is 47.8 Å². The Hall–Kier alpha value is -2.96. The monoisotopic (exact) mass is 362 g/mol. The van der Waals surface area contributed by atoms with Gasteiger partial charge in [-0.3, -0.25) is 4.79 Å². The molecule has 2 aliphatic rings. The Labute approximate surface area is 157 Å². The SMILES string of the molecule is Cn1ccnc1C1C[C@H]2CC[C@@H](C1)N2C(=O)c1ccc(-n2cncn2)cc1. The third-order valence-electron chi connectivity index (χ3n) is 5.99. The van der Waals surface area contributed by atoms with Gasteiger partial charge in [-0.2, -0.15) is 5.10 Å². The Kier molecular flexibility index (Phi) is 3.81. The number of benzene rings is 1. The maximum Gasteiger partial charge on any atom is 0.254 e. The van der Waals surface area contributed by atoms with E-state index in [2.05, 4.69) is 31.6 Å². The summed E-state index contributed by atoms with van der Waals surface area (Å²) < 4.78 is 3.81. The molecule has 0 spiro atoms. The molecular weight excluding hydrogens is 340 g/mol. The first kappa shape index (κ1) is 16.2. The van der Waals surface area contributed by atoms with Crippen molar-refractivity contribution in [2.75, 3.05) is 0 Å². The van der Waals surface area contributed by atoms with Crippen molar-refractivity contribution in [3.05, 3.63) is 60.7 Å². The Bertz CT molecular complexity index is 931. The molecule has 3 aromatic rings. The zero-order valence-corrected chi connectivity index (χ0v) is 15.3. The number of imidazole rings is 1. The summed E-state index contributed by atoms with van der Waals surface area (Å²) in [4.78, 5) is 23.8. The van der Waals surface area contributed by atoms with Crippen LogP contribution in [0.15, 0.2) is 49.3 Å². The van der Waals surface area contributed by atoms with Crippen LogP contribution < -0.4 is 0 Å². The van der Waals surface area contributed by atoms with Gasteiger partial charge in [0.15, 0.2) is 0 Å². The molecule has 2 bridgehead atoms. The average Bonchev–Trinajstić information content (AvgIpc) is 3.42. The maximum absolute atomic E-state index is 13.2. The molecule has 2 aromatic heterocycles. The smallest absolute Gasteiger partial charge is 0.254 e. The summed E-state index contributed by atoms with van der Waals surface area (Å²) in [7, 11) is 2.05. The van der Waals surface area contributed by atoms with Crippen molar-refractivity contribution in [3.8, 4) is 5.69 Å². The number of hydrogen-bond acceptors (Lipinski definition) is 4. The van der Waals surface area contributed by atoms with E-state index < -0.39 is 0 Å². The molecule has 5 rings (SSSR count). The van der Waals surface area contributed by atoms with Crippen LogP contribution in [0, 0.1) is 0 Å². The van der Waals surface area contributed by atoms with Gasteiger partial charge < -0.3 is 9.47 Å². The summed E-state index contributed by atoms with van der Waals surface area (Å²) in [5, 5.41) is 4.13. The second-order valence-electron chi connectivity index (χ2n) is 7.55. The summed E-state index contributed by atoms with van der Waals surface area (Å²) in [6.45, 7) is 0. The topological polar surface area (TPSA) is 68.8 Å². The molecule has 0 saturated carbocycles. The minimum absolute atomic E-state index is 0.144. The number of carbonyl (C=O) groups excluding carboxylic acids is 1. The lowest BCUT2D eigenvalue weighted by molar-refractivity contribution is 0.0566. The van der Waals surface area contributed by atoms with E-state index >= 15 is 0 Å². The van der Waals surface area contributed by atoms with Crippen LogP contribution in [0.3, 0.4) is 0 Å². The lowest BCUT2D eigenvalue weighted by Gasteiger charge is -2.38. The molecule has 7 heteroatoms. The summed E-state index contributed by atoms with van der Waals surface area (Å²) in [5.74, 6) is 1.74. The predicted octanol–water partition coefficient (Wildman–Crippen LogP) is 2.55. The normalized spacial score (nSPS) is 24.3. The summed E-state index contributed by atoms with van der Waals surface area (Å²) in [6, 6.07) is 8.25. The van der Waals surface area contributed by atoms with Crippen LogP contribution in [-0.4, -0.2) is 47.2 Å². The van der Waals surface area contributed by atoms with Gasteiger partial charge >= 0.3 is 0 Å². The highest BCUT2D eigenvalue weighted by molar-refractivity contribution is 5.95. The Balaban J connectivity index is 1.35. The average molecular weight is 362 g/mol. The Morgan fingerprint density at radius 3 is 2.44 bits per heavy atom. The standard InChI is InChI=1S/C20H22N6O/c1-24-9-8-22-19(24)15-10-17-6-7-18(11-15)26(17)20(27)14-2-4-16(5-3-14)25-13-21-12-23-25/h2-5,8-9,12-13,15,17-18H,6-7,10-11H2,1H3/t15?,17-,18+. The zero-order chi connectivity index (χ0) is 18.4. The number of hydrogen-bond donors (Lipinski definition) is 0. The van der Waals surface area contributed by atoms with Gasteiger partial charge in [-0.15, -0.1) is 0 Å². The van der Waals surface area contributed by atoms with Gasteiger partial charge in [0.05, 0.1) is 5.69 Å². The van der Waals surface area contributed by atoms with Crippen LogP contribution in [0.5, 0.6) is 0 Å². The third kappa shape index (κ3) is 2.74. The van der Waals surface area contributed by atoms with Crippen molar-refractivity contribution in [1.82, 2.24) is 29.2 Å². The first-order valence-corrected chi connectivity index (χ1v) is 9.45. The van der Waals surface area contributed by atoms with Gasteiger partial charge in [0, 0.05) is 43.0 Å². The molecule has 7 nitrogen and oxygen atoms in total. The molecule has 0 aliphatic carbocycles. The molecular formula is C20H22N6O. The summed E-state index contributed by atoms with van der Waals surface area (Å²) in [6.07, 6.45) is 11.2. The van der Waals surface area contributed by atoms with Crippen molar-refractivity contribution in [2.45, 2.75) is 43.7 Å². The fourth-order valence-corrected chi connectivity index (χ4v) is 4.74. The zero-order valence-electron chi connectivity index (χ0n) is 15.3. The number of fused-ring (bicyclic) bond motifs is 2. The van der Waals surface area contributed by atoms with E-state index in [9.17, 15) is 4.79 Å². The van der Waals surface area contributed by atoms with Crippen molar-refractivity contribution in [2.24, 2.45) is 7.05 Å². The van der Waals surface area contributed by atoms with E-state index in [1.807, 2.05) is 36.7 Å². The molecule has 0 radical (unpaired) electrons. The molecule has 0 N–H and O–H groups in total. The number of carbonyl (C=O) groups is 1. The van der Waals surface area contributed by atoms with Crippen molar-refractivity contribution in [1.29, 1.82) is 0 Å². The van der Waals surface area contributed by atoms with Gasteiger partial charge in [0.2, 0.25) is 0 Å². The largest absolute Gasteiger partial charge is 0.338 e. The van der Waals surface area contributed by atoms with E-state index in [4.69, 9.17) is 0 Å². The number of aromatic nitrogens is 5. The molecule has 138 valence electrons. The summed E-state index contributed by atoms with van der Waals surface area (Å²) >= 11 is 0. The Morgan fingerprint density at radius 2 is 1.85 bits per heavy atom. The molecule has 2 fully saturated rings. The van der Waals surface area contributed by atoms with Crippen molar-refractivity contribution < 1.29 is 4.79 Å². The minimum atomic E-state index is 0.144. The molecule has 3 atom stereocenters. The highest BCUT2D eigenvalue weighted by Crippen LogP contribution is 2.43. The van der Waals surface area contributed by atoms with E-state index in [-0.39, 0.29) is 5.91 Å². The molecule has 1 aromatic carbocycles. The van der Waals surface area contributed by atoms with Gasteiger partial charge in [0.1, 0.15) is 18.5 Å². The van der Waals surface area contributed by atoms with Crippen LogP contribution in [0.2, 0.25) is 0 Å². The lowest BCUT2D eigenvalue weighted by atomic mass is 9.89. The van der Waals surface area contributed by atoms with Crippen LogP contribution >= 0.6 is 0 Å². The second-order valence-corrected chi connectivity index (χ2v) is 7.55. The van der Waals surface area contributed by atoms with Gasteiger partial charge in [-0.25, -0.2) is 14.6 Å². The van der Waals surface area contributed by atoms with Crippen LogP contribution in [-0.2, 0) is 7.05 Å². The van der Waals surface area contributed by atoms with Crippen LogP contribution in [0.25, 0.3) is 5.69 Å². The highest BCUT2D eigenvalue weighted by Gasteiger charge is 2.44. The number of piperidine rings is 1. The number of amides is 1. The van der Waals surface area contributed by atoms with Gasteiger partial charge in [-0.05, 0) is 49.9 Å². The van der Waals surface area contributed by atoms with Crippen molar-refractivity contribution >= 4 is 5.91 Å². The quantitative estimate of drug-likeness (QED) is 0.718. The predicted molar refractivity (Wildman–Crippen MR) is 99.5 cm³/mol. The Morgan fingerprint density at radius 1 is 1.11 bits per heavy atom.